The Hall–Kier alpha value is -3.22. The molecule has 146 valence electrons. The zero-order valence-corrected chi connectivity index (χ0v) is 16.3. The molecule has 1 fully saturated rings. The lowest BCUT2D eigenvalue weighted by atomic mass is 10.0. The van der Waals surface area contributed by atoms with Crippen molar-refractivity contribution in [2.24, 2.45) is 14.1 Å². The molecular formula is C21H24N4O3. The van der Waals surface area contributed by atoms with Crippen molar-refractivity contribution in [1.29, 1.82) is 0 Å². The maximum atomic E-state index is 13.0. The number of urea groups is 1. The first-order valence-corrected chi connectivity index (χ1v) is 9.37. The van der Waals surface area contributed by atoms with Crippen LogP contribution in [0.25, 0.3) is 11.0 Å². The van der Waals surface area contributed by atoms with E-state index in [1.165, 1.54) is 0 Å². The predicted octanol–water partition coefficient (Wildman–Crippen LogP) is 3.25. The molecule has 0 radical (unpaired) electrons. The van der Waals surface area contributed by atoms with Gasteiger partial charge in [0.15, 0.2) is 0 Å². The second-order valence-corrected chi connectivity index (χ2v) is 7.13. The van der Waals surface area contributed by atoms with Crippen LogP contribution in [0.5, 0.6) is 5.75 Å². The van der Waals surface area contributed by atoms with E-state index >= 15 is 0 Å². The van der Waals surface area contributed by atoms with Crippen molar-refractivity contribution in [2.75, 3.05) is 19.0 Å². The molecule has 1 atom stereocenters. The van der Waals surface area contributed by atoms with Gasteiger partial charge in [-0.3, -0.25) is 9.13 Å². The summed E-state index contributed by atoms with van der Waals surface area (Å²) in [6.45, 7) is 0.695. The van der Waals surface area contributed by atoms with Gasteiger partial charge in [-0.1, -0.05) is 18.2 Å². The number of likely N-dealkylation sites (tertiary alicyclic amines) is 1. The van der Waals surface area contributed by atoms with Gasteiger partial charge in [-0.15, -0.1) is 0 Å². The van der Waals surface area contributed by atoms with E-state index in [1.807, 2.05) is 47.4 Å². The first-order chi connectivity index (χ1) is 13.5. The van der Waals surface area contributed by atoms with Gasteiger partial charge in [0, 0.05) is 31.9 Å². The first kappa shape index (κ1) is 18.2. The zero-order valence-electron chi connectivity index (χ0n) is 16.3. The number of carbonyl (C=O) groups is 1. The largest absolute Gasteiger partial charge is 0.496 e. The number of carbonyl (C=O) groups excluding carboxylic acids is 1. The van der Waals surface area contributed by atoms with Crippen LogP contribution >= 0.6 is 0 Å². The van der Waals surface area contributed by atoms with Crippen molar-refractivity contribution in [2.45, 2.75) is 18.9 Å². The summed E-state index contributed by atoms with van der Waals surface area (Å²) in [6, 6.07) is 13.2. The zero-order chi connectivity index (χ0) is 19.8. The topological polar surface area (TPSA) is 68.5 Å². The van der Waals surface area contributed by atoms with Crippen molar-refractivity contribution in [1.82, 2.24) is 14.0 Å². The number of ether oxygens (including phenoxy) is 1. The number of nitrogens with zero attached hydrogens (tertiary/aromatic N) is 3. The average Bonchev–Trinajstić information content (AvgIpc) is 3.28. The van der Waals surface area contributed by atoms with Crippen LogP contribution in [-0.2, 0) is 14.1 Å². The van der Waals surface area contributed by atoms with E-state index in [0.29, 0.717) is 12.2 Å². The van der Waals surface area contributed by atoms with Crippen LogP contribution in [-0.4, -0.2) is 33.7 Å². The van der Waals surface area contributed by atoms with Gasteiger partial charge in [-0.05, 0) is 37.1 Å². The number of nitrogens with one attached hydrogen (secondary N) is 1. The number of imidazole rings is 1. The van der Waals surface area contributed by atoms with Gasteiger partial charge in [0.1, 0.15) is 5.75 Å². The molecule has 1 aliphatic rings. The number of methoxy groups -OCH3 is 1. The van der Waals surface area contributed by atoms with Crippen LogP contribution in [0.2, 0.25) is 0 Å². The van der Waals surface area contributed by atoms with E-state index in [2.05, 4.69) is 5.32 Å². The third-order valence-corrected chi connectivity index (χ3v) is 5.53. The van der Waals surface area contributed by atoms with Crippen LogP contribution in [0.4, 0.5) is 10.5 Å². The molecule has 1 aliphatic heterocycles. The van der Waals surface area contributed by atoms with Gasteiger partial charge in [-0.25, -0.2) is 9.59 Å². The van der Waals surface area contributed by atoms with Crippen LogP contribution in [0.3, 0.4) is 0 Å². The maximum absolute atomic E-state index is 13.0. The fourth-order valence-corrected chi connectivity index (χ4v) is 4.05. The Kier molecular flexibility index (Phi) is 4.58. The number of aryl methyl sites for hydroxylation is 2. The minimum atomic E-state index is -0.145. The second-order valence-electron chi connectivity index (χ2n) is 7.13. The summed E-state index contributed by atoms with van der Waals surface area (Å²) in [6.07, 6.45) is 1.85. The van der Waals surface area contributed by atoms with E-state index in [9.17, 15) is 9.59 Å². The van der Waals surface area contributed by atoms with Crippen LogP contribution in [0.15, 0.2) is 47.3 Å². The van der Waals surface area contributed by atoms with E-state index in [0.717, 1.165) is 35.2 Å². The molecular weight excluding hydrogens is 356 g/mol. The van der Waals surface area contributed by atoms with Gasteiger partial charge in [-0.2, -0.15) is 0 Å². The van der Waals surface area contributed by atoms with Gasteiger partial charge in [0.2, 0.25) is 0 Å². The average molecular weight is 380 g/mol. The number of anilines is 1. The van der Waals surface area contributed by atoms with Crippen molar-refractivity contribution in [3.05, 3.63) is 58.5 Å². The highest BCUT2D eigenvalue weighted by Crippen LogP contribution is 2.37. The Morgan fingerprint density at radius 2 is 1.86 bits per heavy atom. The highest BCUT2D eigenvalue weighted by molar-refractivity contribution is 5.92. The normalized spacial score (nSPS) is 16.5. The third kappa shape index (κ3) is 2.93. The number of hydrogen-bond donors (Lipinski definition) is 1. The maximum Gasteiger partial charge on any atom is 0.328 e. The number of aromatic nitrogens is 2. The molecule has 0 unspecified atom stereocenters. The number of hydrogen-bond acceptors (Lipinski definition) is 3. The molecule has 7 heteroatoms. The third-order valence-electron chi connectivity index (χ3n) is 5.53. The number of para-hydroxylation sites is 1. The predicted molar refractivity (Wildman–Crippen MR) is 109 cm³/mol. The molecule has 2 aromatic carbocycles. The molecule has 0 saturated carbocycles. The van der Waals surface area contributed by atoms with Crippen molar-refractivity contribution < 1.29 is 9.53 Å². The molecule has 1 N–H and O–H groups in total. The number of amides is 2. The Morgan fingerprint density at radius 1 is 1.11 bits per heavy atom. The van der Waals surface area contributed by atoms with E-state index < -0.39 is 0 Å². The first-order valence-electron chi connectivity index (χ1n) is 9.37. The number of rotatable bonds is 3. The summed E-state index contributed by atoms with van der Waals surface area (Å²) in [5.74, 6) is 0.799. The second kappa shape index (κ2) is 7.07. The van der Waals surface area contributed by atoms with E-state index in [1.54, 1.807) is 30.3 Å². The highest BCUT2D eigenvalue weighted by Gasteiger charge is 2.31. The SMILES string of the molecule is COc1ccccc1[C@@H]1CCCN1C(=O)Nc1ccc2c(c1)n(C)c(=O)n2C. The van der Waals surface area contributed by atoms with Gasteiger partial charge >= 0.3 is 11.7 Å². The summed E-state index contributed by atoms with van der Waals surface area (Å²) in [5, 5.41) is 2.99. The molecule has 0 aliphatic carbocycles. The molecule has 1 aromatic heterocycles. The standard InChI is InChI=1S/C21H24N4O3/c1-23-17-11-10-14(13-18(17)24(2)21(23)27)22-20(26)25-12-6-8-16(25)15-7-4-5-9-19(15)28-3/h4-5,7,9-11,13,16H,6,8,12H2,1-3H3,(H,22,26)/t16-/m0/s1. The van der Waals surface area contributed by atoms with Crippen LogP contribution in [0.1, 0.15) is 24.4 Å². The summed E-state index contributed by atoms with van der Waals surface area (Å²) >= 11 is 0. The highest BCUT2D eigenvalue weighted by atomic mass is 16.5. The smallest absolute Gasteiger partial charge is 0.328 e. The molecule has 4 rings (SSSR count). The van der Waals surface area contributed by atoms with Crippen molar-refractivity contribution in [3.63, 3.8) is 0 Å². The Balaban J connectivity index is 1.60. The van der Waals surface area contributed by atoms with Crippen LogP contribution < -0.4 is 15.7 Å². The lowest BCUT2D eigenvalue weighted by Gasteiger charge is -2.26. The molecule has 28 heavy (non-hydrogen) atoms. The fraction of sp³-hybridized carbons (Fsp3) is 0.333. The molecule has 0 spiro atoms. The number of benzene rings is 2. The molecule has 7 nitrogen and oxygen atoms in total. The quantitative estimate of drug-likeness (QED) is 0.758. The Morgan fingerprint density at radius 3 is 2.64 bits per heavy atom. The molecule has 1 saturated heterocycles. The molecule has 2 amide bonds. The minimum Gasteiger partial charge on any atom is -0.496 e. The van der Waals surface area contributed by atoms with Crippen LogP contribution in [0, 0.1) is 0 Å². The number of fused-ring (bicyclic) bond motifs is 1. The minimum absolute atomic E-state index is 0.0130. The van der Waals surface area contributed by atoms with Crippen molar-refractivity contribution >= 4 is 22.8 Å². The summed E-state index contributed by atoms with van der Waals surface area (Å²) < 4.78 is 8.66. The van der Waals surface area contributed by atoms with Gasteiger partial charge in [0.05, 0.1) is 24.2 Å². The summed E-state index contributed by atoms with van der Waals surface area (Å²) in [5.41, 5.74) is 3.23. The van der Waals surface area contributed by atoms with Gasteiger partial charge < -0.3 is 15.0 Å². The Labute approximate surface area is 163 Å². The van der Waals surface area contributed by atoms with Gasteiger partial charge in [0.25, 0.3) is 0 Å². The molecule has 0 bridgehead atoms. The lowest BCUT2D eigenvalue weighted by molar-refractivity contribution is 0.206. The fourth-order valence-electron chi connectivity index (χ4n) is 4.05. The Bertz CT molecular complexity index is 1100. The van der Waals surface area contributed by atoms with Crippen molar-refractivity contribution in [3.8, 4) is 5.75 Å². The summed E-state index contributed by atoms with van der Waals surface area (Å²) in [4.78, 5) is 27.0. The molecule has 2 heterocycles. The lowest BCUT2D eigenvalue weighted by Crippen LogP contribution is -2.34. The molecule has 3 aromatic rings. The van der Waals surface area contributed by atoms with E-state index in [4.69, 9.17) is 4.74 Å². The summed E-state index contributed by atoms with van der Waals surface area (Å²) in [7, 11) is 5.12. The van der Waals surface area contributed by atoms with E-state index in [-0.39, 0.29) is 17.8 Å². The monoisotopic (exact) mass is 380 g/mol.